The van der Waals surface area contributed by atoms with E-state index < -0.39 is 0 Å². The fraction of sp³-hybridized carbons (Fsp3) is 0.500. The molecule has 6 heteroatoms. The van der Waals surface area contributed by atoms with Gasteiger partial charge in [0.2, 0.25) is 11.8 Å². The number of anilines is 1. The first-order valence-electron chi connectivity index (χ1n) is 8.45. The molecule has 0 saturated carbocycles. The number of aliphatic imine (C=N–C) groups is 1. The summed E-state index contributed by atoms with van der Waals surface area (Å²) in [5.41, 5.74) is 2.81. The molecule has 6 nitrogen and oxygen atoms in total. The first-order valence-corrected chi connectivity index (χ1v) is 8.45. The van der Waals surface area contributed by atoms with Crippen LogP contribution >= 0.6 is 0 Å². The van der Waals surface area contributed by atoms with Gasteiger partial charge in [0, 0.05) is 44.0 Å². The van der Waals surface area contributed by atoms with Gasteiger partial charge in [0.05, 0.1) is 11.6 Å². The summed E-state index contributed by atoms with van der Waals surface area (Å²) in [6, 6.07) is 8.15. The van der Waals surface area contributed by atoms with Gasteiger partial charge in [-0.2, -0.15) is 0 Å². The maximum atomic E-state index is 11.9. The molecule has 2 aliphatic heterocycles. The van der Waals surface area contributed by atoms with E-state index in [0.717, 1.165) is 37.6 Å². The Balaban J connectivity index is 1.67. The van der Waals surface area contributed by atoms with Crippen molar-refractivity contribution in [2.75, 3.05) is 38.1 Å². The predicted molar refractivity (Wildman–Crippen MR) is 94.8 cm³/mol. The quantitative estimate of drug-likeness (QED) is 0.676. The van der Waals surface area contributed by atoms with Crippen molar-refractivity contribution in [2.45, 2.75) is 19.8 Å². The number of hydrogen-bond donors (Lipinski definition) is 1. The molecule has 2 fully saturated rings. The third kappa shape index (κ3) is 3.82. The molecular weight excluding hydrogens is 304 g/mol. The highest BCUT2D eigenvalue weighted by Gasteiger charge is 2.28. The van der Waals surface area contributed by atoms with Crippen molar-refractivity contribution in [3.8, 4) is 0 Å². The number of nitrogens with one attached hydrogen (secondary N) is 1. The lowest BCUT2D eigenvalue weighted by Gasteiger charge is -2.34. The third-order valence-electron chi connectivity index (χ3n) is 4.77. The number of hydrogen-bond acceptors (Lipinski definition) is 5. The Morgan fingerprint density at radius 1 is 1.12 bits per heavy atom. The molecule has 1 atom stereocenters. The number of piperidine rings is 1. The molecule has 128 valence electrons. The molecule has 0 aromatic heterocycles. The number of rotatable bonds is 3. The molecule has 2 aliphatic rings. The van der Waals surface area contributed by atoms with Crippen LogP contribution in [0.15, 0.2) is 29.3 Å². The number of imide groups is 1. The van der Waals surface area contributed by atoms with Crippen LogP contribution in [0.5, 0.6) is 0 Å². The van der Waals surface area contributed by atoms with Crippen LogP contribution in [0.2, 0.25) is 0 Å². The smallest absolute Gasteiger partial charge is 0.235 e. The Labute approximate surface area is 142 Å². The summed E-state index contributed by atoms with van der Waals surface area (Å²) in [5, 5.41) is 2.38. The van der Waals surface area contributed by atoms with Gasteiger partial charge in [-0.15, -0.1) is 0 Å². The molecule has 1 unspecified atom stereocenters. The molecule has 0 spiro atoms. The highest BCUT2D eigenvalue weighted by molar-refractivity contribution is 6.10. The Morgan fingerprint density at radius 3 is 2.42 bits per heavy atom. The molecule has 2 saturated heterocycles. The number of likely N-dealkylation sites (N-methyl/N-ethyl adjacent to an activating group) is 1. The van der Waals surface area contributed by atoms with Gasteiger partial charge in [-0.1, -0.05) is 0 Å². The van der Waals surface area contributed by atoms with Crippen molar-refractivity contribution in [1.82, 2.24) is 10.2 Å². The number of piperazine rings is 1. The van der Waals surface area contributed by atoms with E-state index in [1.807, 2.05) is 19.1 Å². The molecule has 0 radical (unpaired) electrons. The predicted octanol–water partition coefficient (Wildman–Crippen LogP) is 1.58. The van der Waals surface area contributed by atoms with Crippen LogP contribution in [0.4, 0.5) is 11.4 Å². The van der Waals surface area contributed by atoms with Gasteiger partial charge in [0.15, 0.2) is 0 Å². The van der Waals surface area contributed by atoms with Gasteiger partial charge in [-0.25, -0.2) is 0 Å². The second-order valence-electron chi connectivity index (χ2n) is 6.56. The highest BCUT2D eigenvalue weighted by Crippen LogP contribution is 2.23. The molecule has 1 aromatic rings. The Morgan fingerprint density at radius 2 is 1.79 bits per heavy atom. The highest BCUT2D eigenvalue weighted by atomic mass is 16.2. The zero-order chi connectivity index (χ0) is 17.1. The van der Waals surface area contributed by atoms with Gasteiger partial charge < -0.3 is 9.80 Å². The van der Waals surface area contributed by atoms with Gasteiger partial charge in [0.1, 0.15) is 0 Å². The summed E-state index contributed by atoms with van der Waals surface area (Å²) in [6.07, 6.45) is 0.922. The van der Waals surface area contributed by atoms with E-state index >= 15 is 0 Å². The van der Waals surface area contributed by atoms with E-state index in [2.05, 4.69) is 39.3 Å². The van der Waals surface area contributed by atoms with Crippen molar-refractivity contribution in [2.24, 2.45) is 10.9 Å². The fourth-order valence-electron chi connectivity index (χ4n) is 3.18. The van der Waals surface area contributed by atoms with Crippen LogP contribution in [0.3, 0.4) is 0 Å². The minimum Gasteiger partial charge on any atom is -0.369 e. The van der Waals surface area contributed by atoms with E-state index in [0.29, 0.717) is 12.8 Å². The van der Waals surface area contributed by atoms with Crippen LogP contribution in [0.25, 0.3) is 0 Å². The van der Waals surface area contributed by atoms with Crippen molar-refractivity contribution < 1.29 is 9.59 Å². The fourth-order valence-corrected chi connectivity index (χ4v) is 3.18. The summed E-state index contributed by atoms with van der Waals surface area (Å²) < 4.78 is 0. The summed E-state index contributed by atoms with van der Waals surface area (Å²) in [4.78, 5) is 32.4. The first kappa shape index (κ1) is 16.6. The van der Waals surface area contributed by atoms with E-state index in [4.69, 9.17) is 0 Å². The van der Waals surface area contributed by atoms with Crippen LogP contribution in [0.1, 0.15) is 19.8 Å². The molecule has 2 heterocycles. The summed E-state index contributed by atoms with van der Waals surface area (Å²) in [7, 11) is 2.15. The van der Waals surface area contributed by atoms with Crippen molar-refractivity contribution in [3.63, 3.8) is 0 Å². The Bertz CT molecular complexity index is 645. The van der Waals surface area contributed by atoms with Crippen molar-refractivity contribution >= 4 is 28.9 Å². The molecule has 0 bridgehead atoms. The van der Waals surface area contributed by atoms with Gasteiger partial charge in [-0.3, -0.25) is 19.9 Å². The van der Waals surface area contributed by atoms with E-state index in [1.54, 1.807) is 0 Å². The average Bonchev–Trinajstić information content (AvgIpc) is 2.56. The lowest BCUT2D eigenvalue weighted by atomic mass is 9.94. The Kier molecular flexibility index (Phi) is 4.94. The van der Waals surface area contributed by atoms with E-state index in [-0.39, 0.29) is 17.7 Å². The third-order valence-corrected chi connectivity index (χ3v) is 4.77. The number of amides is 2. The van der Waals surface area contributed by atoms with Gasteiger partial charge in [-0.05, 0) is 44.7 Å². The zero-order valence-corrected chi connectivity index (χ0v) is 14.3. The van der Waals surface area contributed by atoms with Crippen LogP contribution < -0.4 is 10.2 Å². The minimum atomic E-state index is -0.306. The number of nitrogens with zero attached hydrogens (tertiary/aromatic N) is 3. The lowest BCUT2D eigenvalue weighted by molar-refractivity contribution is -0.134. The molecule has 1 aromatic carbocycles. The number of carbonyl (C=O) groups excluding carboxylic acids is 2. The van der Waals surface area contributed by atoms with Crippen molar-refractivity contribution in [3.05, 3.63) is 24.3 Å². The minimum absolute atomic E-state index is 0.194. The number of carbonyl (C=O) groups is 2. The molecular formula is C18H24N4O2. The first-order chi connectivity index (χ1) is 11.5. The normalized spacial score (nSPS) is 23.3. The van der Waals surface area contributed by atoms with Crippen LogP contribution in [-0.4, -0.2) is 55.7 Å². The van der Waals surface area contributed by atoms with Crippen LogP contribution in [0, 0.1) is 5.92 Å². The average molecular weight is 328 g/mol. The van der Waals surface area contributed by atoms with Gasteiger partial charge in [0.25, 0.3) is 0 Å². The van der Waals surface area contributed by atoms with E-state index in [1.165, 1.54) is 5.69 Å². The standard InChI is InChI=1S/C18H24N4O2/c1-13(16-7-8-17(23)20-18(16)24)19-14-3-5-15(6-4-14)22-11-9-21(2)10-12-22/h3-6,16H,7-12H2,1-2H3,(H,20,23,24). The van der Waals surface area contributed by atoms with Crippen LogP contribution in [-0.2, 0) is 9.59 Å². The maximum Gasteiger partial charge on any atom is 0.235 e. The lowest BCUT2D eigenvalue weighted by Crippen LogP contribution is -2.44. The molecule has 1 N–H and O–H groups in total. The molecule has 24 heavy (non-hydrogen) atoms. The monoisotopic (exact) mass is 328 g/mol. The SMILES string of the molecule is CC(=Nc1ccc(N2CCN(C)CC2)cc1)C1CCC(=O)NC1=O. The summed E-state index contributed by atoms with van der Waals surface area (Å²) >= 11 is 0. The molecule has 3 rings (SSSR count). The second kappa shape index (κ2) is 7.13. The van der Waals surface area contributed by atoms with E-state index in [9.17, 15) is 9.59 Å². The van der Waals surface area contributed by atoms with Crippen molar-refractivity contribution in [1.29, 1.82) is 0 Å². The number of benzene rings is 1. The summed E-state index contributed by atoms with van der Waals surface area (Å²) in [6.45, 7) is 6.08. The topological polar surface area (TPSA) is 65.0 Å². The summed E-state index contributed by atoms with van der Waals surface area (Å²) in [5.74, 6) is -0.734. The molecule has 2 amide bonds. The van der Waals surface area contributed by atoms with Gasteiger partial charge >= 0.3 is 0 Å². The molecule has 0 aliphatic carbocycles. The Hall–Kier alpha value is -2.21. The maximum absolute atomic E-state index is 11.9. The second-order valence-corrected chi connectivity index (χ2v) is 6.56. The largest absolute Gasteiger partial charge is 0.369 e. The zero-order valence-electron chi connectivity index (χ0n) is 14.3.